The van der Waals surface area contributed by atoms with Crippen LogP contribution in [0.2, 0.25) is 0 Å². The molecule has 2 aromatic rings. The van der Waals surface area contributed by atoms with Crippen LogP contribution >= 0.6 is 11.8 Å². The summed E-state index contributed by atoms with van der Waals surface area (Å²) in [4.78, 5) is 11.3. The Morgan fingerprint density at radius 2 is 2.16 bits per heavy atom. The first-order chi connectivity index (χ1) is 9.29. The number of nitrogens with zero attached hydrogens (tertiary/aromatic N) is 2. The van der Waals surface area contributed by atoms with Gasteiger partial charge in [0.1, 0.15) is 0 Å². The molecule has 0 bridgehead atoms. The van der Waals surface area contributed by atoms with Crippen LogP contribution in [0.3, 0.4) is 0 Å². The lowest BCUT2D eigenvalue weighted by Crippen LogP contribution is -2.27. The summed E-state index contributed by atoms with van der Waals surface area (Å²) in [5, 5.41) is 7.08. The molecule has 0 aliphatic heterocycles. The second-order valence-electron chi connectivity index (χ2n) is 4.15. The molecule has 1 amide bonds. The molecule has 0 saturated carbocycles. The molecule has 19 heavy (non-hydrogen) atoms. The molecule has 1 N–H and O–H groups in total. The number of hydrogen-bond acceptors (Lipinski definition) is 3. The first-order valence-electron chi connectivity index (χ1n) is 6.14. The summed E-state index contributed by atoms with van der Waals surface area (Å²) in [6.07, 6.45) is 6.44. The van der Waals surface area contributed by atoms with Crippen LogP contribution in [0.25, 0.3) is 5.69 Å². The Labute approximate surface area is 117 Å². The molecule has 0 unspecified atom stereocenters. The number of aromatic nitrogens is 2. The van der Waals surface area contributed by atoms with Crippen LogP contribution in [0.5, 0.6) is 0 Å². The number of carbonyl (C=O) groups is 1. The van der Waals surface area contributed by atoms with Crippen LogP contribution in [-0.4, -0.2) is 34.2 Å². The van der Waals surface area contributed by atoms with E-state index < -0.39 is 0 Å². The third kappa shape index (κ3) is 4.13. The summed E-state index contributed by atoms with van der Waals surface area (Å²) >= 11 is 1.53. The van der Waals surface area contributed by atoms with Crippen LogP contribution in [-0.2, 0) is 11.2 Å². The zero-order valence-corrected chi connectivity index (χ0v) is 11.7. The molecule has 1 aromatic heterocycles. The van der Waals surface area contributed by atoms with Gasteiger partial charge in [0, 0.05) is 18.9 Å². The van der Waals surface area contributed by atoms with Crippen molar-refractivity contribution in [1.82, 2.24) is 15.1 Å². The van der Waals surface area contributed by atoms with Crippen LogP contribution < -0.4 is 5.32 Å². The van der Waals surface area contributed by atoms with Crippen molar-refractivity contribution in [3.05, 3.63) is 48.3 Å². The first-order valence-corrected chi connectivity index (χ1v) is 7.53. The molecule has 1 heterocycles. The van der Waals surface area contributed by atoms with Gasteiger partial charge in [-0.25, -0.2) is 4.68 Å². The van der Waals surface area contributed by atoms with Gasteiger partial charge in [-0.05, 0) is 36.4 Å². The Morgan fingerprint density at radius 1 is 1.37 bits per heavy atom. The van der Waals surface area contributed by atoms with E-state index in [1.165, 1.54) is 17.3 Å². The van der Waals surface area contributed by atoms with Crippen molar-refractivity contribution < 1.29 is 4.79 Å². The van der Waals surface area contributed by atoms with Gasteiger partial charge < -0.3 is 5.32 Å². The summed E-state index contributed by atoms with van der Waals surface area (Å²) in [6.45, 7) is 0.681. The summed E-state index contributed by atoms with van der Waals surface area (Å²) in [5.74, 6) is 0.624. The van der Waals surface area contributed by atoms with Crippen molar-refractivity contribution in [3.8, 4) is 5.69 Å². The van der Waals surface area contributed by atoms with E-state index in [4.69, 9.17) is 0 Å². The summed E-state index contributed by atoms with van der Waals surface area (Å²) < 4.78 is 1.82. The van der Waals surface area contributed by atoms with Crippen molar-refractivity contribution in [2.24, 2.45) is 0 Å². The van der Waals surface area contributed by atoms with Gasteiger partial charge in [-0.3, -0.25) is 4.79 Å². The monoisotopic (exact) mass is 275 g/mol. The van der Waals surface area contributed by atoms with E-state index in [1.54, 1.807) is 6.20 Å². The topological polar surface area (TPSA) is 46.9 Å². The van der Waals surface area contributed by atoms with Crippen molar-refractivity contribution >= 4 is 17.7 Å². The number of hydrogen-bond donors (Lipinski definition) is 1. The van der Waals surface area contributed by atoms with Gasteiger partial charge >= 0.3 is 0 Å². The number of benzene rings is 1. The Morgan fingerprint density at radius 3 is 2.79 bits per heavy atom. The molecule has 100 valence electrons. The minimum Gasteiger partial charge on any atom is -0.355 e. The second-order valence-corrected chi connectivity index (χ2v) is 5.02. The third-order valence-electron chi connectivity index (χ3n) is 2.72. The highest BCUT2D eigenvalue weighted by molar-refractivity contribution is 7.99. The van der Waals surface area contributed by atoms with Gasteiger partial charge in [0.15, 0.2) is 0 Å². The average molecular weight is 275 g/mol. The summed E-state index contributed by atoms with van der Waals surface area (Å²) in [5.41, 5.74) is 2.25. The predicted octanol–water partition coefficient (Wildman–Crippen LogP) is 1.89. The number of thioether (sulfide) groups is 1. The van der Waals surface area contributed by atoms with E-state index in [0.29, 0.717) is 12.3 Å². The van der Waals surface area contributed by atoms with Crippen LogP contribution in [0.4, 0.5) is 0 Å². The van der Waals surface area contributed by atoms with E-state index in [0.717, 1.165) is 12.1 Å². The van der Waals surface area contributed by atoms with Crippen molar-refractivity contribution in [3.63, 3.8) is 0 Å². The Hall–Kier alpha value is -1.75. The normalized spacial score (nSPS) is 10.4. The van der Waals surface area contributed by atoms with Crippen LogP contribution in [0, 0.1) is 0 Å². The van der Waals surface area contributed by atoms with Gasteiger partial charge in [-0.15, -0.1) is 0 Å². The first kappa shape index (κ1) is 13.7. The van der Waals surface area contributed by atoms with Gasteiger partial charge in [0.2, 0.25) is 5.91 Å². The van der Waals surface area contributed by atoms with Crippen molar-refractivity contribution in [2.45, 2.75) is 6.42 Å². The van der Waals surface area contributed by atoms with Crippen LogP contribution in [0.1, 0.15) is 5.56 Å². The molecule has 0 fully saturated rings. The van der Waals surface area contributed by atoms with Crippen LogP contribution in [0.15, 0.2) is 42.7 Å². The maximum Gasteiger partial charge on any atom is 0.229 e. The van der Waals surface area contributed by atoms with E-state index in [1.807, 2.05) is 35.3 Å². The lowest BCUT2D eigenvalue weighted by Gasteiger charge is -2.06. The summed E-state index contributed by atoms with van der Waals surface area (Å²) in [7, 11) is 0. The lowest BCUT2D eigenvalue weighted by atomic mass is 10.1. The average Bonchev–Trinajstić information content (AvgIpc) is 2.94. The molecule has 1 aromatic carbocycles. The molecule has 0 atom stereocenters. The zero-order chi connectivity index (χ0) is 13.5. The molecule has 2 rings (SSSR count). The molecule has 4 nitrogen and oxygen atoms in total. The molecule has 0 aliphatic rings. The fourth-order valence-electron chi connectivity index (χ4n) is 1.77. The van der Waals surface area contributed by atoms with Crippen molar-refractivity contribution in [2.75, 3.05) is 18.6 Å². The standard InChI is InChI=1S/C14H17N3OS/c1-19-11-14(18)15-9-7-12-3-5-13(6-4-12)17-10-2-8-16-17/h2-6,8,10H,7,9,11H2,1H3,(H,15,18). The van der Waals surface area contributed by atoms with Gasteiger partial charge in [-0.1, -0.05) is 12.1 Å². The van der Waals surface area contributed by atoms with E-state index >= 15 is 0 Å². The fraction of sp³-hybridized carbons (Fsp3) is 0.286. The predicted molar refractivity (Wildman–Crippen MR) is 78.7 cm³/mol. The van der Waals surface area contributed by atoms with E-state index in [-0.39, 0.29) is 5.91 Å². The minimum atomic E-state index is 0.0978. The maximum atomic E-state index is 11.3. The van der Waals surface area contributed by atoms with Gasteiger partial charge in [0.25, 0.3) is 0 Å². The number of rotatable bonds is 6. The third-order valence-corrected chi connectivity index (χ3v) is 3.27. The van der Waals surface area contributed by atoms with E-state index in [9.17, 15) is 4.79 Å². The smallest absolute Gasteiger partial charge is 0.229 e. The Kier molecular flexibility index (Phi) is 5.03. The maximum absolute atomic E-state index is 11.3. The highest BCUT2D eigenvalue weighted by Gasteiger charge is 2.00. The second kappa shape index (κ2) is 6.99. The molecule has 0 radical (unpaired) electrons. The number of nitrogens with one attached hydrogen (secondary N) is 1. The molecule has 5 heteroatoms. The fourth-order valence-corrected chi connectivity index (χ4v) is 2.13. The van der Waals surface area contributed by atoms with E-state index in [2.05, 4.69) is 22.5 Å². The lowest BCUT2D eigenvalue weighted by molar-refractivity contribution is -0.118. The highest BCUT2D eigenvalue weighted by atomic mass is 32.2. The number of amides is 1. The largest absolute Gasteiger partial charge is 0.355 e. The molecule has 0 saturated heterocycles. The molecule has 0 aliphatic carbocycles. The molecular weight excluding hydrogens is 258 g/mol. The summed E-state index contributed by atoms with van der Waals surface area (Å²) in [6, 6.07) is 10.1. The van der Waals surface area contributed by atoms with Gasteiger partial charge in [0.05, 0.1) is 11.4 Å². The SMILES string of the molecule is CSCC(=O)NCCc1ccc(-n2cccn2)cc1. The Bertz CT molecular complexity index is 508. The quantitative estimate of drug-likeness (QED) is 0.876. The molecule has 0 spiro atoms. The zero-order valence-electron chi connectivity index (χ0n) is 10.9. The molecular formula is C14H17N3OS. The number of carbonyl (C=O) groups excluding carboxylic acids is 1. The highest BCUT2D eigenvalue weighted by Crippen LogP contribution is 2.08. The van der Waals surface area contributed by atoms with Crippen molar-refractivity contribution in [1.29, 1.82) is 0 Å². The Balaban J connectivity index is 1.84. The van der Waals surface area contributed by atoms with Gasteiger partial charge in [-0.2, -0.15) is 16.9 Å². The minimum absolute atomic E-state index is 0.0978.